The zero-order valence-corrected chi connectivity index (χ0v) is 12.1. The smallest absolute Gasteiger partial charge is 0.834 e. The van der Waals surface area contributed by atoms with E-state index in [0.717, 1.165) is 11.4 Å². The first-order valence-electron chi connectivity index (χ1n) is 2.08. The van der Waals surface area contributed by atoms with Gasteiger partial charge < -0.3 is 14.9 Å². The molecule has 1 atom stereocenters. The molecule has 50 valence electrons. The Morgan fingerprint density at radius 1 is 1.50 bits per heavy atom. The summed E-state index contributed by atoms with van der Waals surface area (Å²) in [5.74, 6) is 0.263. The summed E-state index contributed by atoms with van der Waals surface area (Å²) in [6.07, 6.45) is -0.534. The average molecular weight is 200 g/mol. The first-order chi connectivity index (χ1) is 3.63. The SMILES string of the molecule is CC(O)CSP([O-])[O-].[Na+].[Na+]. The zero-order chi connectivity index (χ0) is 6.57. The fourth-order valence-electron chi connectivity index (χ4n) is 0.169. The van der Waals surface area contributed by atoms with E-state index in [-0.39, 0.29) is 64.9 Å². The number of rotatable bonds is 3. The molecule has 0 rings (SSSR count). The minimum atomic E-state index is -2.38. The molecule has 7 heteroatoms. The number of hydrogen-bond acceptors (Lipinski definition) is 4. The van der Waals surface area contributed by atoms with E-state index in [0.29, 0.717) is 0 Å². The number of aliphatic hydroxyl groups is 1. The molecule has 0 radical (unpaired) electrons. The van der Waals surface area contributed by atoms with Crippen LogP contribution >= 0.6 is 19.0 Å². The molecule has 0 saturated heterocycles. The van der Waals surface area contributed by atoms with Gasteiger partial charge in [0.05, 0.1) is 6.10 Å². The van der Waals surface area contributed by atoms with Gasteiger partial charge in [0, 0.05) is 5.75 Å². The molecule has 0 amide bonds. The van der Waals surface area contributed by atoms with Gasteiger partial charge in [-0.15, -0.1) is 0 Å². The van der Waals surface area contributed by atoms with Crippen molar-refractivity contribution in [1.29, 1.82) is 0 Å². The van der Waals surface area contributed by atoms with Crippen LogP contribution in [-0.2, 0) is 0 Å². The summed E-state index contributed by atoms with van der Waals surface area (Å²) in [6.45, 7) is 1.55. The number of hydrogen-bond donors (Lipinski definition) is 1. The van der Waals surface area contributed by atoms with Gasteiger partial charge in [0.2, 0.25) is 0 Å². The first-order valence-corrected chi connectivity index (χ1v) is 4.85. The van der Waals surface area contributed by atoms with Crippen LogP contribution in [0.25, 0.3) is 0 Å². The summed E-state index contributed by atoms with van der Waals surface area (Å²) in [7, 11) is -2.38. The van der Waals surface area contributed by atoms with E-state index in [4.69, 9.17) is 5.11 Å². The molecule has 0 heterocycles. The second-order valence-corrected chi connectivity index (χ2v) is 4.08. The molecule has 0 aromatic heterocycles. The summed E-state index contributed by atoms with van der Waals surface area (Å²) >= 11 is 0.743. The standard InChI is InChI=1S/C3H7O3PS.2Na/c1-3(4)2-8-7(5)6;;/h3-4H,2H2,1H3;;/q-2;2*+1. The van der Waals surface area contributed by atoms with Gasteiger partial charge in [-0.2, -0.15) is 11.4 Å². The van der Waals surface area contributed by atoms with Crippen LogP contribution in [0.3, 0.4) is 0 Å². The Morgan fingerprint density at radius 3 is 2.00 bits per heavy atom. The maximum atomic E-state index is 9.79. The largest absolute Gasteiger partial charge is 1.00 e. The summed E-state index contributed by atoms with van der Waals surface area (Å²) in [5, 5.41) is 8.51. The fourth-order valence-corrected chi connectivity index (χ4v) is 1.52. The monoisotopic (exact) mass is 200 g/mol. The molecular formula is C3H7Na2O3PS. The van der Waals surface area contributed by atoms with E-state index < -0.39 is 13.7 Å². The predicted molar refractivity (Wildman–Crippen MR) is 31.1 cm³/mol. The van der Waals surface area contributed by atoms with Gasteiger partial charge in [-0.1, -0.05) is 0 Å². The van der Waals surface area contributed by atoms with Crippen LogP contribution in [-0.4, -0.2) is 17.0 Å². The van der Waals surface area contributed by atoms with Gasteiger partial charge in [0.1, 0.15) is 0 Å². The third-order valence-corrected chi connectivity index (χ3v) is 2.34. The van der Waals surface area contributed by atoms with Gasteiger partial charge in [-0.3, -0.25) is 0 Å². The number of aliphatic hydroxyl groups excluding tert-OH is 1. The summed E-state index contributed by atoms with van der Waals surface area (Å²) in [5.41, 5.74) is 0. The third-order valence-electron chi connectivity index (χ3n) is 0.421. The van der Waals surface area contributed by atoms with E-state index in [9.17, 15) is 9.79 Å². The van der Waals surface area contributed by atoms with Gasteiger partial charge in [0.15, 0.2) is 0 Å². The normalized spacial score (nSPS) is 11.7. The fraction of sp³-hybridized carbons (Fsp3) is 1.00. The summed E-state index contributed by atoms with van der Waals surface area (Å²) < 4.78 is 0. The molecule has 0 spiro atoms. The molecule has 0 aliphatic rings. The van der Waals surface area contributed by atoms with Crippen LogP contribution in [0.4, 0.5) is 0 Å². The van der Waals surface area contributed by atoms with Crippen molar-refractivity contribution in [2.24, 2.45) is 0 Å². The maximum absolute atomic E-state index is 9.79. The minimum absolute atomic E-state index is 0. The van der Waals surface area contributed by atoms with E-state index in [1.54, 1.807) is 6.92 Å². The van der Waals surface area contributed by atoms with Gasteiger partial charge >= 0.3 is 59.1 Å². The molecule has 0 saturated carbocycles. The van der Waals surface area contributed by atoms with Crippen LogP contribution in [0, 0.1) is 0 Å². The summed E-state index contributed by atoms with van der Waals surface area (Å²) in [6, 6.07) is 0. The van der Waals surface area contributed by atoms with Crippen molar-refractivity contribution < 1.29 is 74.0 Å². The molecule has 0 aromatic rings. The molecule has 0 aliphatic heterocycles. The van der Waals surface area contributed by atoms with Crippen molar-refractivity contribution >= 4 is 19.0 Å². The summed E-state index contributed by atoms with van der Waals surface area (Å²) in [4.78, 5) is 19.6. The van der Waals surface area contributed by atoms with Crippen molar-refractivity contribution in [1.82, 2.24) is 0 Å². The van der Waals surface area contributed by atoms with E-state index in [1.165, 1.54) is 0 Å². The van der Waals surface area contributed by atoms with Gasteiger partial charge in [-0.05, 0) is 6.92 Å². The Kier molecular flexibility index (Phi) is 21.5. The Labute approximate surface area is 110 Å². The predicted octanol–water partition coefficient (Wildman–Crippen LogP) is -6.94. The zero-order valence-electron chi connectivity index (χ0n) is 6.40. The van der Waals surface area contributed by atoms with Crippen LogP contribution in [0.15, 0.2) is 0 Å². The molecule has 10 heavy (non-hydrogen) atoms. The molecule has 1 unspecified atom stereocenters. The van der Waals surface area contributed by atoms with Gasteiger partial charge in [-0.25, -0.2) is 7.58 Å². The van der Waals surface area contributed by atoms with Crippen molar-refractivity contribution in [2.45, 2.75) is 13.0 Å². The molecule has 0 aliphatic carbocycles. The Morgan fingerprint density at radius 2 is 1.90 bits per heavy atom. The van der Waals surface area contributed by atoms with E-state index >= 15 is 0 Å². The average Bonchev–Trinajstić information content (AvgIpc) is 1.61. The molecule has 1 N–H and O–H groups in total. The topological polar surface area (TPSA) is 66.3 Å². The van der Waals surface area contributed by atoms with Crippen LogP contribution in [0.5, 0.6) is 0 Å². The Balaban J connectivity index is -0.000000245. The maximum Gasteiger partial charge on any atom is 1.00 e. The van der Waals surface area contributed by atoms with Crippen LogP contribution < -0.4 is 68.9 Å². The first kappa shape index (κ1) is 18.4. The van der Waals surface area contributed by atoms with E-state index in [2.05, 4.69) is 0 Å². The third kappa shape index (κ3) is 17.0. The molecule has 0 fully saturated rings. The molecule has 0 aromatic carbocycles. The van der Waals surface area contributed by atoms with Crippen molar-refractivity contribution in [2.75, 3.05) is 5.75 Å². The second-order valence-electron chi connectivity index (χ2n) is 1.37. The van der Waals surface area contributed by atoms with Gasteiger partial charge in [0.25, 0.3) is 0 Å². The van der Waals surface area contributed by atoms with Crippen molar-refractivity contribution in [3.63, 3.8) is 0 Å². The Hall–Kier alpha value is 2.66. The second kappa shape index (κ2) is 11.7. The minimum Gasteiger partial charge on any atom is -0.834 e. The van der Waals surface area contributed by atoms with E-state index in [1.807, 2.05) is 0 Å². The Bertz CT molecular complexity index is 57.7. The van der Waals surface area contributed by atoms with Crippen LogP contribution in [0.2, 0.25) is 0 Å². The molecular weight excluding hydrogens is 193 g/mol. The quantitative estimate of drug-likeness (QED) is 0.363. The molecule has 3 nitrogen and oxygen atoms in total. The van der Waals surface area contributed by atoms with Crippen LogP contribution in [0.1, 0.15) is 6.92 Å². The molecule has 0 bridgehead atoms. The van der Waals surface area contributed by atoms with Crippen molar-refractivity contribution in [3.8, 4) is 0 Å². The van der Waals surface area contributed by atoms with Crippen molar-refractivity contribution in [3.05, 3.63) is 0 Å².